The molecule has 0 fully saturated rings. The van der Waals surface area contributed by atoms with Gasteiger partial charge in [-0.2, -0.15) is 0 Å². The first-order chi connectivity index (χ1) is 16.2. The Morgan fingerprint density at radius 2 is 1.73 bits per heavy atom. The van der Waals surface area contributed by atoms with Gasteiger partial charge in [-0.05, 0) is 37.5 Å². The number of hydrogen-bond acceptors (Lipinski definition) is 6. The Morgan fingerprint density at radius 3 is 2.36 bits per heavy atom. The molecule has 1 amide bonds. The normalized spacial score (nSPS) is 17.2. The molecular weight excluding hydrogens is 434 g/mol. The number of nitrogens with one attached hydrogen (secondary N) is 1. The van der Waals surface area contributed by atoms with E-state index < -0.39 is 0 Å². The van der Waals surface area contributed by atoms with Crippen LogP contribution in [0.15, 0.2) is 59.8 Å². The van der Waals surface area contributed by atoms with Gasteiger partial charge in [-0.25, -0.2) is 4.68 Å². The van der Waals surface area contributed by atoms with Crippen molar-refractivity contribution in [1.29, 1.82) is 0 Å². The average molecular weight is 466 g/mol. The Morgan fingerprint density at radius 1 is 1.03 bits per heavy atom. The van der Waals surface area contributed by atoms with Gasteiger partial charge in [0.2, 0.25) is 11.1 Å². The number of fused-ring (bicyclic) bond motifs is 1. The molecule has 2 aromatic carbocycles. The molecule has 0 saturated carbocycles. The molecule has 1 aliphatic heterocycles. The molecule has 7 nitrogen and oxygen atoms in total. The zero-order valence-electron chi connectivity index (χ0n) is 19.4. The fraction of sp³-hybridized carbons (Fsp3) is 0.400. The van der Waals surface area contributed by atoms with Gasteiger partial charge in [0.1, 0.15) is 11.0 Å². The second kappa shape index (κ2) is 10.7. The molecule has 1 aromatic heterocycles. The van der Waals surface area contributed by atoms with E-state index in [4.69, 9.17) is 4.74 Å². The molecule has 0 radical (unpaired) electrons. The smallest absolute Gasteiger partial charge is 0.238 e. The highest BCUT2D eigenvalue weighted by Crippen LogP contribution is 2.39. The van der Waals surface area contributed by atoms with Crippen LogP contribution >= 0.6 is 11.8 Å². The largest absolute Gasteiger partial charge is 0.494 e. The van der Waals surface area contributed by atoms with Crippen LogP contribution in [0.4, 0.5) is 0 Å². The summed E-state index contributed by atoms with van der Waals surface area (Å²) in [5.41, 5.74) is 5.56. The Hall–Kier alpha value is -3.00. The van der Waals surface area contributed by atoms with Gasteiger partial charge in [-0.3, -0.25) is 4.79 Å². The van der Waals surface area contributed by atoms with Crippen LogP contribution in [0, 0.1) is 0 Å². The third-order valence-corrected chi connectivity index (χ3v) is 6.76. The van der Waals surface area contributed by atoms with Crippen molar-refractivity contribution in [2.24, 2.45) is 0 Å². The Bertz CT molecular complexity index is 1050. The van der Waals surface area contributed by atoms with E-state index in [9.17, 15) is 4.79 Å². The van der Waals surface area contributed by atoms with Gasteiger partial charge in [-0.15, -0.1) is 10.2 Å². The van der Waals surface area contributed by atoms with Crippen molar-refractivity contribution < 1.29 is 9.53 Å². The molecule has 0 saturated heterocycles. The van der Waals surface area contributed by atoms with E-state index in [0.717, 1.165) is 48.6 Å². The van der Waals surface area contributed by atoms with E-state index in [0.29, 0.717) is 11.8 Å². The topological polar surface area (TPSA) is 72.3 Å². The number of benzene rings is 2. The maximum atomic E-state index is 13.7. The van der Waals surface area contributed by atoms with Crippen LogP contribution in [0.25, 0.3) is 11.4 Å². The minimum atomic E-state index is -0.346. The zero-order chi connectivity index (χ0) is 23.2. The van der Waals surface area contributed by atoms with Crippen LogP contribution < -0.4 is 10.2 Å². The van der Waals surface area contributed by atoms with Crippen molar-refractivity contribution in [3.63, 3.8) is 0 Å². The number of aromatic nitrogens is 3. The van der Waals surface area contributed by atoms with E-state index in [1.54, 1.807) is 0 Å². The number of amides is 1. The van der Waals surface area contributed by atoms with E-state index in [1.807, 2.05) is 71.1 Å². The Balaban J connectivity index is 1.71. The summed E-state index contributed by atoms with van der Waals surface area (Å²) in [4.78, 5) is 15.7. The van der Waals surface area contributed by atoms with E-state index in [2.05, 4.69) is 29.5 Å². The molecule has 0 aliphatic carbocycles. The number of ether oxygens (including phenoxy) is 1. The summed E-state index contributed by atoms with van der Waals surface area (Å²) in [5, 5.41) is 9.19. The van der Waals surface area contributed by atoms with Gasteiger partial charge < -0.3 is 15.1 Å². The van der Waals surface area contributed by atoms with Crippen LogP contribution in [0.3, 0.4) is 0 Å². The molecule has 2 heterocycles. The molecule has 1 N–H and O–H groups in total. The first-order valence-corrected chi connectivity index (χ1v) is 12.5. The molecular formula is C25H31N5O2S. The van der Waals surface area contributed by atoms with Crippen molar-refractivity contribution in [3.8, 4) is 17.1 Å². The summed E-state index contributed by atoms with van der Waals surface area (Å²) in [6, 6.07) is 17.7. The van der Waals surface area contributed by atoms with Crippen LogP contribution in [0.5, 0.6) is 5.75 Å². The zero-order valence-corrected chi connectivity index (χ0v) is 20.2. The molecule has 33 heavy (non-hydrogen) atoms. The molecule has 0 spiro atoms. The lowest BCUT2D eigenvalue weighted by atomic mass is 10.0. The lowest BCUT2D eigenvalue weighted by molar-refractivity contribution is -0.131. The summed E-state index contributed by atoms with van der Waals surface area (Å²) < 4.78 is 7.53. The summed E-state index contributed by atoms with van der Waals surface area (Å²) in [7, 11) is 0. The van der Waals surface area contributed by atoms with Crippen molar-refractivity contribution in [2.45, 2.75) is 50.1 Å². The number of nitrogens with zero attached hydrogens (tertiary/aromatic N) is 4. The molecule has 0 unspecified atom stereocenters. The number of rotatable bonds is 9. The van der Waals surface area contributed by atoms with Gasteiger partial charge in [0.05, 0.1) is 12.6 Å². The molecule has 174 valence electrons. The third kappa shape index (κ3) is 5.00. The van der Waals surface area contributed by atoms with E-state index in [-0.39, 0.29) is 17.2 Å². The summed E-state index contributed by atoms with van der Waals surface area (Å²) in [5.74, 6) is 1.69. The highest BCUT2D eigenvalue weighted by molar-refractivity contribution is 8.00. The minimum absolute atomic E-state index is 0.130. The minimum Gasteiger partial charge on any atom is -0.494 e. The van der Waals surface area contributed by atoms with Gasteiger partial charge in [0.25, 0.3) is 0 Å². The van der Waals surface area contributed by atoms with Gasteiger partial charge in [-0.1, -0.05) is 68.1 Å². The average Bonchev–Trinajstić information content (AvgIpc) is 3.27. The summed E-state index contributed by atoms with van der Waals surface area (Å²) >= 11 is 1.48. The summed E-state index contributed by atoms with van der Waals surface area (Å²) in [6.07, 6.45) is 1.86. The molecule has 2 atom stereocenters. The SMILES string of the molecule is CCCN(CCC)C(=O)[C@H]1Sc2nnc(-c3ccccc3)n2N[C@@H]1c1ccc(OCC)cc1. The van der Waals surface area contributed by atoms with Gasteiger partial charge in [0.15, 0.2) is 5.82 Å². The second-order valence-electron chi connectivity index (χ2n) is 7.98. The van der Waals surface area contributed by atoms with Gasteiger partial charge in [0, 0.05) is 18.7 Å². The van der Waals surface area contributed by atoms with Crippen molar-refractivity contribution in [3.05, 3.63) is 60.2 Å². The molecule has 4 rings (SSSR count). The number of carbonyl (C=O) groups excluding carboxylic acids is 1. The Labute approximate surface area is 199 Å². The number of hydrogen-bond donors (Lipinski definition) is 1. The van der Waals surface area contributed by atoms with Crippen LogP contribution in [0.1, 0.15) is 45.2 Å². The fourth-order valence-electron chi connectivity index (χ4n) is 4.06. The lowest BCUT2D eigenvalue weighted by Crippen LogP contribution is -2.46. The first kappa shape index (κ1) is 23.2. The third-order valence-electron chi connectivity index (χ3n) is 5.56. The van der Waals surface area contributed by atoms with Crippen molar-refractivity contribution in [2.75, 3.05) is 25.1 Å². The number of carbonyl (C=O) groups is 1. The standard InChI is InChI=1S/C25H31N5O2S/c1-4-16-29(17-5-2)24(31)22-21(18-12-14-20(15-13-18)32-6-3)28-30-23(26-27-25(30)33-22)19-10-8-7-9-11-19/h7-15,21-22,28H,4-6,16-17H2,1-3H3/t21-,22+/m1/s1. The van der Waals surface area contributed by atoms with Crippen molar-refractivity contribution >= 4 is 17.7 Å². The molecule has 0 bridgehead atoms. The van der Waals surface area contributed by atoms with Crippen LogP contribution in [-0.4, -0.2) is 50.6 Å². The second-order valence-corrected chi connectivity index (χ2v) is 9.09. The highest BCUT2D eigenvalue weighted by Gasteiger charge is 2.39. The van der Waals surface area contributed by atoms with E-state index in [1.165, 1.54) is 11.8 Å². The molecule has 3 aromatic rings. The van der Waals surface area contributed by atoms with Crippen molar-refractivity contribution in [1.82, 2.24) is 19.8 Å². The molecule has 1 aliphatic rings. The van der Waals surface area contributed by atoms with E-state index >= 15 is 0 Å². The quantitative estimate of drug-likeness (QED) is 0.492. The predicted molar refractivity (Wildman–Crippen MR) is 132 cm³/mol. The lowest BCUT2D eigenvalue weighted by Gasteiger charge is -2.36. The van der Waals surface area contributed by atoms with Crippen LogP contribution in [-0.2, 0) is 4.79 Å². The number of thioether (sulfide) groups is 1. The first-order valence-electron chi connectivity index (χ1n) is 11.6. The van der Waals surface area contributed by atoms with Gasteiger partial charge >= 0.3 is 0 Å². The maximum absolute atomic E-state index is 13.7. The monoisotopic (exact) mass is 465 g/mol. The fourth-order valence-corrected chi connectivity index (χ4v) is 5.22. The maximum Gasteiger partial charge on any atom is 0.238 e. The van der Waals surface area contributed by atoms with Crippen LogP contribution in [0.2, 0.25) is 0 Å². The Kier molecular flexibility index (Phi) is 7.54. The highest BCUT2D eigenvalue weighted by atomic mass is 32.2. The molecule has 8 heteroatoms. The summed E-state index contributed by atoms with van der Waals surface area (Å²) in [6.45, 7) is 8.30. The predicted octanol–water partition coefficient (Wildman–Crippen LogP) is 4.75.